The highest BCUT2D eigenvalue weighted by atomic mass is 35.5. The number of carbonyl (C=O) groups excluding carboxylic acids is 1. The first-order valence-corrected chi connectivity index (χ1v) is 9.01. The van der Waals surface area contributed by atoms with Crippen LogP contribution in [0.4, 0.5) is 10.1 Å². The molecule has 134 valence electrons. The minimum absolute atomic E-state index is 0.138. The van der Waals surface area contributed by atoms with Crippen molar-refractivity contribution in [1.82, 2.24) is 4.72 Å². The maximum absolute atomic E-state index is 12.9. The van der Waals surface area contributed by atoms with Gasteiger partial charge in [-0.15, -0.1) is 0 Å². The molecule has 0 fully saturated rings. The molecule has 0 unspecified atom stereocenters. The molecule has 2 aromatic rings. The maximum Gasteiger partial charge on any atom is 0.242 e. The number of hydrogen-bond acceptors (Lipinski definition) is 4. The SMILES string of the molecule is COc1ccc(NC(=O)[C@@H](C)NS(=O)(=O)c2ccc(F)cc2)cc1Cl. The summed E-state index contributed by atoms with van der Waals surface area (Å²) in [4.78, 5) is 12.0. The molecule has 2 N–H and O–H groups in total. The van der Waals surface area contributed by atoms with Crippen LogP contribution in [0.15, 0.2) is 47.4 Å². The van der Waals surface area contributed by atoms with E-state index < -0.39 is 27.8 Å². The Morgan fingerprint density at radius 2 is 1.84 bits per heavy atom. The van der Waals surface area contributed by atoms with Gasteiger partial charge in [0.1, 0.15) is 11.6 Å². The average Bonchev–Trinajstić information content (AvgIpc) is 2.55. The fourth-order valence-electron chi connectivity index (χ4n) is 1.96. The van der Waals surface area contributed by atoms with Crippen molar-refractivity contribution in [2.45, 2.75) is 17.9 Å². The minimum atomic E-state index is -3.96. The first-order chi connectivity index (χ1) is 11.7. The van der Waals surface area contributed by atoms with Crippen molar-refractivity contribution in [2.75, 3.05) is 12.4 Å². The molecule has 6 nitrogen and oxygen atoms in total. The molecule has 1 amide bonds. The molecule has 0 spiro atoms. The predicted molar refractivity (Wildman–Crippen MR) is 92.8 cm³/mol. The summed E-state index contributed by atoms with van der Waals surface area (Å²) in [6.07, 6.45) is 0. The largest absolute Gasteiger partial charge is 0.495 e. The van der Waals surface area contributed by atoms with Gasteiger partial charge in [0.2, 0.25) is 15.9 Å². The summed E-state index contributed by atoms with van der Waals surface area (Å²) in [5, 5.41) is 2.86. The Morgan fingerprint density at radius 1 is 1.20 bits per heavy atom. The molecule has 2 rings (SSSR count). The summed E-state index contributed by atoms with van der Waals surface area (Å²) < 4.78 is 44.5. The van der Waals surface area contributed by atoms with Crippen LogP contribution in [0.1, 0.15) is 6.92 Å². The van der Waals surface area contributed by atoms with Crippen LogP contribution in [0.25, 0.3) is 0 Å². The Kier molecular flexibility index (Phi) is 5.99. The Morgan fingerprint density at radius 3 is 2.40 bits per heavy atom. The summed E-state index contributed by atoms with van der Waals surface area (Å²) in [6, 6.07) is 7.86. The fourth-order valence-corrected chi connectivity index (χ4v) is 3.42. The molecule has 2 aromatic carbocycles. The Labute approximate surface area is 150 Å². The van der Waals surface area contributed by atoms with E-state index in [1.54, 1.807) is 12.1 Å². The fraction of sp³-hybridized carbons (Fsp3) is 0.188. The third-order valence-electron chi connectivity index (χ3n) is 3.27. The maximum atomic E-state index is 12.9. The molecule has 0 heterocycles. The van der Waals surface area contributed by atoms with E-state index in [0.717, 1.165) is 24.3 Å². The molecular formula is C16H16ClFN2O4S. The number of methoxy groups -OCH3 is 1. The number of anilines is 1. The van der Waals surface area contributed by atoms with Crippen LogP contribution < -0.4 is 14.8 Å². The zero-order chi connectivity index (χ0) is 18.6. The highest BCUT2D eigenvalue weighted by Crippen LogP contribution is 2.27. The lowest BCUT2D eigenvalue weighted by molar-refractivity contribution is -0.117. The summed E-state index contributed by atoms with van der Waals surface area (Å²) in [7, 11) is -2.49. The van der Waals surface area contributed by atoms with Crippen molar-refractivity contribution in [2.24, 2.45) is 0 Å². The number of halogens is 2. The smallest absolute Gasteiger partial charge is 0.242 e. The quantitative estimate of drug-likeness (QED) is 0.799. The Bertz CT molecular complexity index is 872. The van der Waals surface area contributed by atoms with Crippen LogP contribution >= 0.6 is 11.6 Å². The molecular weight excluding hydrogens is 371 g/mol. The van der Waals surface area contributed by atoms with Crippen molar-refractivity contribution in [3.8, 4) is 5.75 Å². The number of nitrogens with one attached hydrogen (secondary N) is 2. The van der Waals surface area contributed by atoms with Gasteiger partial charge in [-0.25, -0.2) is 12.8 Å². The zero-order valence-corrected chi connectivity index (χ0v) is 15.0. The van der Waals surface area contributed by atoms with Crippen LogP contribution in [0, 0.1) is 5.82 Å². The number of amides is 1. The monoisotopic (exact) mass is 386 g/mol. The van der Waals surface area contributed by atoms with Gasteiger partial charge in [0.15, 0.2) is 0 Å². The van der Waals surface area contributed by atoms with Crippen molar-refractivity contribution >= 4 is 33.2 Å². The molecule has 9 heteroatoms. The van der Waals surface area contributed by atoms with Gasteiger partial charge >= 0.3 is 0 Å². The van der Waals surface area contributed by atoms with Gasteiger partial charge in [-0.1, -0.05) is 11.6 Å². The topological polar surface area (TPSA) is 84.5 Å². The van der Waals surface area contributed by atoms with Crippen LogP contribution in [-0.2, 0) is 14.8 Å². The lowest BCUT2D eigenvalue weighted by Crippen LogP contribution is -2.41. The van der Waals surface area contributed by atoms with Gasteiger partial charge in [-0.2, -0.15) is 4.72 Å². The van der Waals surface area contributed by atoms with Gasteiger partial charge in [0, 0.05) is 5.69 Å². The number of sulfonamides is 1. The van der Waals surface area contributed by atoms with Gasteiger partial charge in [-0.05, 0) is 49.4 Å². The van der Waals surface area contributed by atoms with Crippen LogP contribution in [-0.4, -0.2) is 27.5 Å². The van der Waals surface area contributed by atoms with E-state index in [1.165, 1.54) is 20.1 Å². The van der Waals surface area contributed by atoms with E-state index in [1.807, 2.05) is 0 Å². The van der Waals surface area contributed by atoms with Crippen LogP contribution in [0.2, 0.25) is 5.02 Å². The molecule has 1 atom stereocenters. The number of benzene rings is 2. The highest BCUT2D eigenvalue weighted by molar-refractivity contribution is 7.89. The second-order valence-electron chi connectivity index (χ2n) is 5.14. The van der Waals surface area contributed by atoms with Gasteiger partial charge in [0.25, 0.3) is 0 Å². The molecule has 0 bridgehead atoms. The molecule has 0 radical (unpaired) electrons. The molecule has 0 saturated heterocycles. The molecule has 0 aromatic heterocycles. The van der Waals surface area contributed by atoms with E-state index in [2.05, 4.69) is 10.0 Å². The lowest BCUT2D eigenvalue weighted by atomic mass is 10.2. The third-order valence-corrected chi connectivity index (χ3v) is 5.12. The first kappa shape index (κ1) is 19.2. The summed E-state index contributed by atoms with van der Waals surface area (Å²) in [5.41, 5.74) is 0.392. The number of hydrogen-bond donors (Lipinski definition) is 2. The number of carbonyl (C=O) groups is 1. The van der Waals surface area contributed by atoms with Crippen molar-refractivity contribution in [3.05, 3.63) is 53.3 Å². The van der Waals surface area contributed by atoms with Crippen LogP contribution in [0.5, 0.6) is 5.75 Å². The van der Waals surface area contributed by atoms with Gasteiger partial charge < -0.3 is 10.1 Å². The lowest BCUT2D eigenvalue weighted by Gasteiger charge is -2.15. The van der Waals surface area contributed by atoms with Crippen molar-refractivity contribution in [1.29, 1.82) is 0 Å². The first-order valence-electron chi connectivity index (χ1n) is 7.15. The second-order valence-corrected chi connectivity index (χ2v) is 7.26. The summed E-state index contributed by atoms with van der Waals surface area (Å²) in [6.45, 7) is 1.39. The normalized spacial score (nSPS) is 12.5. The predicted octanol–water partition coefficient (Wildman–Crippen LogP) is 2.79. The highest BCUT2D eigenvalue weighted by Gasteiger charge is 2.22. The third kappa shape index (κ3) is 4.91. The van der Waals surface area contributed by atoms with Gasteiger partial charge in [-0.3, -0.25) is 4.79 Å². The van der Waals surface area contributed by atoms with E-state index in [4.69, 9.17) is 16.3 Å². The zero-order valence-electron chi connectivity index (χ0n) is 13.4. The van der Waals surface area contributed by atoms with Crippen molar-refractivity contribution in [3.63, 3.8) is 0 Å². The summed E-state index contributed by atoms with van der Waals surface area (Å²) >= 11 is 5.97. The van der Waals surface area contributed by atoms with E-state index in [9.17, 15) is 17.6 Å². The molecule has 0 saturated carbocycles. The Balaban J connectivity index is 2.07. The van der Waals surface area contributed by atoms with Crippen LogP contribution in [0.3, 0.4) is 0 Å². The van der Waals surface area contributed by atoms with E-state index in [0.29, 0.717) is 16.5 Å². The van der Waals surface area contributed by atoms with Crippen molar-refractivity contribution < 1.29 is 22.3 Å². The minimum Gasteiger partial charge on any atom is -0.495 e. The van der Waals surface area contributed by atoms with Gasteiger partial charge in [0.05, 0.1) is 23.1 Å². The van der Waals surface area contributed by atoms with E-state index >= 15 is 0 Å². The molecule has 0 aliphatic heterocycles. The average molecular weight is 387 g/mol. The summed E-state index contributed by atoms with van der Waals surface area (Å²) in [5.74, 6) is -0.683. The number of ether oxygens (including phenoxy) is 1. The van der Waals surface area contributed by atoms with E-state index in [-0.39, 0.29) is 4.90 Å². The molecule has 0 aliphatic carbocycles. The Hall–Kier alpha value is -2.16. The standard InChI is InChI=1S/C16H16ClFN2O4S/c1-10(20-25(22,23)13-6-3-11(18)4-7-13)16(21)19-12-5-8-15(24-2)14(17)9-12/h3-10,20H,1-2H3,(H,19,21)/t10-/m1/s1. The molecule has 0 aliphatic rings. The second kappa shape index (κ2) is 7.81. The molecule has 25 heavy (non-hydrogen) atoms. The number of rotatable bonds is 6.